The van der Waals surface area contributed by atoms with Crippen LogP contribution in [0, 0.1) is 0 Å². The first-order chi connectivity index (χ1) is 13.0. The van der Waals surface area contributed by atoms with Crippen LogP contribution in [0.1, 0.15) is 16.1 Å². The van der Waals surface area contributed by atoms with Gasteiger partial charge in [0.2, 0.25) is 0 Å². The number of halogens is 1. The molecule has 2 unspecified atom stereocenters. The Labute approximate surface area is 160 Å². The van der Waals surface area contributed by atoms with E-state index in [1.54, 1.807) is 12.1 Å². The molecule has 0 aliphatic heterocycles. The van der Waals surface area contributed by atoms with Crippen LogP contribution in [0.5, 0.6) is 0 Å². The first-order valence-corrected chi connectivity index (χ1v) is 8.60. The second-order valence-corrected chi connectivity index (χ2v) is 6.40. The smallest absolute Gasteiger partial charge is 0.336 e. The van der Waals surface area contributed by atoms with Crippen molar-refractivity contribution in [3.63, 3.8) is 0 Å². The van der Waals surface area contributed by atoms with Crippen LogP contribution in [-0.4, -0.2) is 46.2 Å². The zero-order valence-corrected chi connectivity index (χ0v) is 15.2. The van der Waals surface area contributed by atoms with Crippen LogP contribution in [0.4, 0.5) is 0 Å². The van der Waals surface area contributed by atoms with Crippen molar-refractivity contribution in [1.29, 1.82) is 0 Å². The van der Waals surface area contributed by atoms with E-state index in [0.717, 1.165) is 10.9 Å². The molecule has 0 radical (unpaired) electrons. The molecule has 0 aliphatic carbocycles. The average molecular weight is 388 g/mol. The summed E-state index contributed by atoms with van der Waals surface area (Å²) in [6, 6.07) is 11.6. The summed E-state index contributed by atoms with van der Waals surface area (Å²) in [4.78, 5) is 31.3. The second-order valence-electron chi connectivity index (χ2n) is 6.01. The number of methoxy groups -OCH3 is 1. The molecule has 0 saturated carbocycles. The molecular formula is C19H18ClN3O4. The lowest BCUT2D eigenvalue weighted by molar-refractivity contribution is -0.151. The molecule has 3 aromatic rings. The Morgan fingerprint density at radius 1 is 1.30 bits per heavy atom. The summed E-state index contributed by atoms with van der Waals surface area (Å²) >= 11 is 5.86. The minimum absolute atomic E-state index is 0.260. The molecule has 0 bridgehead atoms. The van der Waals surface area contributed by atoms with Gasteiger partial charge in [-0.25, -0.2) is 9.78 Å². The molecule has 0 spiro atoms. The first-order valence-electron chi connectivity index (χ1n) is 8.23. The SMILES string of the molecule is COC(=O)C(O)C(Cc1ccccc1)NC(=O)c1cc2cc(Cl)ncc2[nH]1. The van der Waals surface area contributed by atoms with E-state index in [4.69, 9.17) is 11.6 Å². The van der Waals surface area contributed by atoms with Gasteiger partial charge in [0, 0.05) is 5.39 Å². The highest BCUT2D eigenvalue weighted by atomic mass is 35.5. The fourth-order valence-corrected chi connectivity index (χ4v) is 2.93. The van der Waals surface area contributed by atoms with Crippen LogP contribution in [0.3, 0.4) is 0 Å². The molecule has 140 valence electrons. The third-order valence-corrected chi connectivity index (χ3v) is 4.36. The predicted octanol–water partition coefficient (Wildman–Crippen LogP) is 2.09. The van der Waals surface area contributed by atoms with Gasteiger partial charge in [0.15, 0.2) is 6.10 Å². The van der Waals surface area contributed by atoms with Crippen LogP contribution in [0.2, 0.25) is 5.15 Å². The van der Waals surface area contributed by atoms with Crippen molar-refractivity contribution in [2.45, 2.75) is 18.6 Å². The number of amides is 1. The molecule has 8 heteroatoms. The number of hydrogen-bond donors (Lipinski definition) is 3. The van der Waals surface area contributed by atoms with Gasteiger partial charge >= 0.3 is 5.97 Å². The highest BCUT2D eigenvalue weighted by molar-refractivity contribution is 6.30. The largest absolute Gasteiger partial charge is 0.467 e. The van der Waals surface area contributed by atoms with Gasteiger partial charge in [0.05, 0.1) is 24.9 Å². The minimum Gasteiger partial charge on any atom is -0.467 e. The highest BCUT2D eigenvalue weighted by Crippen LogP contribution is 2.18. The number of aliphatic hydroxyl groups excluding tert-OH is 1. The number of nitrogens with zero attached hydrogens (tertiary/aromatic N) is 1. The van der Waals surface area contributed by atoms with E-state index in [9.17, 15) is 14.7 Å². The molecule has 0 saturated heterocycles. The maximum Gasteiger partial charge on any atom is 0.336 e. The Balaban J connectivity index is 1.82. The van der Waals surface area contributed by atoms with E-state index >= 15 is 0 Å². The zero-order chi connectivity index (χ0) is 19.4. The monoisotopic (exact) mass is 387 g/mol. The number of carbonyl (C=O) groups is 2. The van der Waals surface area contributed by atoms with Crippen molar-refractivity contribution in [2.75, 3.05) is 7.11 Å². The Morgan fingerprint density at radius 2 is 2.04 bits per heavy atom. The normalized spacial score (nSPS) is 13.1. The Bertz CT molecular complexity index is 958. The number of rotatable bonds is 6. The number of pyridine rings is 1. The van der Waals surface area contributed by atoms with Gasteiger partial charge in [-0.05, 0) is 24.1 Å². The standard InChI is InChI=1S/C19H18ClN3O4/c1-27-19(26)17(24)13(7-11-5-3-2-4-6-11)23-18(25)14-8-12-9-16(20)21-10-15(12)22-14/h2-6,8-10,13,17,22,24H,7H2,1H3,(H,23,25). The molecule has 3 N–H and O–H groups in total. The van der Waals surface area contributed by atoms with Gasteiger partial charge in [-0.3, -0.25) is 4.79 Å². The Morgan fingerprint density at radius 3 is 2.74 bits per heavy atom. The van der Waals surface area contributed by atoms with E-state index in [1.807, 2.05) is 30.3 Å². The summed E-state index contributed by atoms with van der Waals surface area (Å²) in [6.07, 6.45) is 0.287. The third kappa shape index (κ3) is 4.45. The van der Waals surface area contributed by atoms with Crippen LogP contribution in [-0.2, 0) is 16.0 Å². The van der Waals surface area contributed by atoms with Crippen LogP contribution in [0.15, 0.2) is 48.7 Å². The topological polar surface area (TPSA) is 104 Å². The zero-order valence-electron chi connectivity index (χ0n) is 14.5. The minimum atomic E-state index is -1.50. The fourth-order valence-electron chi connectivity index (χ4n) is 2.77. The molecule has 3 rings (SSSR count). The number of hydrogen-bond acceptors (Lipinski definition) is 5. The van der Waals surface area contributed by atoms with Crippen molar-refractivity contribution in [3.05, 3.63) is 65.1 Å². The third-order valence-electron chi connectivity index (χ3n) is 4.16. The van der Waals surface area contributed by atoms with Gasteiger partial charge < -0.3 is 20.1 Å². The average Bonchev–Trinajstić information content (AvgIpc) is 3.10. The molecule has 7 nitrogen and oxygen atoms in total. The predicted molar refractivity (Wildman–Crippen MR) is 101 cm³/mol. The van der Waals surface area contributed by atoms with E-state index in [1.165, 1.54) is 13.3 Å². The summed E-state index contributed by atoms with van der Waals surface area (Å²) in [5.41, 5.74) is 1.78. The highest BCUT2D eigenvalue weighted by Gasteiger charge is 2.29. The molecule has 1 amide bonds. The molecule has 2 heterocycles. The lowest BCUT2D eigenvalue weighted by Gasteiger charge is -2.22. The number of aromatic nitrogens is 2. The van der Waals surface area contributed by atoms with Gasteiger partial charge in [-0.2, -0.15) is 0 Å². The fraction of sp³-hybridized carbons (Fsp3) is 0.211. The van der Waals surface area contributed by atoms with Crippen LogP contribution < -0.4 is 5.32 Å². The number of aromatic amines is 1. The number of nitrogens with one attached hydrogen (secondary N) is 2. The lowest BCUT2D eigenvalue weighted by Crippen LogP contribution is -2.48. The number of benzene rings is 1. The maximum atomic E-state index is 12.7. The van der Waals surface area contributed by atoms with Gasteiger partial charge in [0.1, 0.15) is 10.8 Å². The quantitative estimate of drug-likeness (QED) is 0.444. The summed E-state index contributed by atoms with van der Waals surface area (Å²) in [5, 5.41) is 14.0. The molecule has 2 aromatic heterocycles. The number of aliphatic hydroxyl groups is 1. The van der Waals surface area contributed by atoms with Crippen molar-refractivity contribution >= 4 is 34.4 Å². The maximum absolute atomic E-state index is 12.7. The van der Waals surface area contributed by atoms with E-state index in [-0.39, 0.29) is 12.1 Å². The molecule has 2 atom stereocenters. The molecular weight excluding hydrogens is 370 g/mol. The van der Waals surface area contributed by atoms with E-state index < -0.39 is 24.0 Å². The second kappa shape index (κ2) is 8.20. The summed E-state index contributed by atoms with van der Waals surface area (Å²) < 4.78 is 4.61. The Kier molecular flexibility index (Phi) is 5.73. The lowest BCUT2D eigenvalue weighted by atomic mass is 10.0. The van der Waals surface area contributed by atoms with Crippen molar-refractivity contribution < 1.29 is 19.4 Å². The number of ether oxygens (including phenoxy) is 1. The molecule has 0 fully saturated rings. The molecule has 1 aromatic carbocycles. The number of fused-ring (bicyclic) bond motifs is 1. The van der Waals surface area contributed by atoms with Crippen molar-refractivity contribution in [3.8, 4) is 0 Å². The summed E-state index contributed by atoms with van der Waals surface area (Å²) in [6.45, 7) is 0. The Hall–Kier alpha value is -2.90. The van der Waals surface area contributed by atoms with E-state index in [2.05, 4.69) is 20.0 Å². The van der Waals surface area contributed by atoms with Gasteiger partial charge in [-0.1, -0.05) is 41.9 Å². The summed E-state index contributed by atoms with van der Waals surface area (Å²) in [7, 11) is 1.18. The van der Waals surface area contributed by atoms with Gasteiger partial charge in [-0.15, -0.1) is 0 Å². The summed E-state index contributed by atoms with van der Waals surface area (Å²) in [5.74, 6) is -1.28. The van der Waals surface area contributed by atoms with Crippen LogP contribution >= 0.6 is 11.6 Å². The van der Waals surface area contributed by atoms with Crippen molar-refractivity contribution in [2.24, 2.45) is 0 Å². The van der Waals surface area contributed by atoms with Crippen molar-refractivity contribution in [1.82, 2.24) is 15.3 Å². The first kappa shape index (κ1) is 18.9. The number of carbonyl (C=O) groups excluding carboxylic acids is 2. The molecule has 27 heavy (non-hydrogen) atoms. The molecule has 0 aliphatic rings. The number of esters is 1. The number of H-pyrrole nitrogens is 1. The van der Waals surface area contributed by atoms with Crippen LogP contribution in [0.25, 0.3) is 10.9 Å². The van der Waals surface area contributed by atoms with E-state index in [0.29, 0.717) is 10.7 Å². The van der Waals surface area contributed by atoms with Gasteiger partial charge in [0.25, 0.3) is 5.91 Å².